The summed E-state index contributed by atoms with van der Waals surface area (Å²) in [5.41, 5.74) is 1.31. The molecule has 0 bridgehead atoms. The number of benzene rings is 2. The Hall–Kier alpha value is -2.69. The van der Waals surface area contributed by atoms with Crippen molar-refractivity contribution in [1.29, 1.82) is 0 Å². The molecule has 0 N–H and O–H groups in total. The van der Waals surface area contributed by atoms with Crippen molar-refractivity contribution in [3.63, 3.8) is 0 Å². The number of methoxy groups -OCH3 is 2. The van der Waals surface area contributed by atoms with E-state index in [1.807, 2.05) is 6.07 Å². The Morgan fingerprint density at radius 2 is 1.88 bits per heavy atom. The molecule has 1 saturated heterocycles. The summed E-state index contributed by atoms with van der Waals surface area (Å²) in [6.45, 7) is 0.974. The number of carbonyl (C=O) groups excluding carboxylic acids is 1. The number of ether oxygens (including phenoxy) is 3. The van der Waals surface area contributed by atoms with Crippen LogP contribution in [0, 0.1) is 0 Å². The lowest BCUT2D eigenvalue weighted by molar-refractivity contribution is -0.118. The molecular formula is C24H28N2O6S2. The molecule has 1 aromatic heterocycles. The molecule has 3 aromatic rings. The van der Waals surface area contributed by atoms with Gasteiger partial charge in [0.1, 0.15) is 21.7 Å². The molecule has 2 aromatic carbocycles. The van der Waals surface area contributed by atoms with Crippen LogP contribution in [0.1, 0.15) is 24.8 Å². The highest BCUT2D eigenvalue weighted by atomic mass is 32.2. The lowest BCUT2D eigenvalue weighted by atomic mass is 10.2. The topological polar surface area (TPSA) is 95.0 Å². The van der Waals surface area contributed by atoms with E-state index in [4.69, 9.17) is 14.2 Å². The summed E-state index contributed by atoms with van der Waals surface area (Å²) in [5, 5.41) is 0.471. The van der Waals surface area contributed by atoms with E-state index in [0.29, 0.717) is 40.9 Å². The van der Waals surface area contributed by atoms with Crippen LogP contribution in [0.2, 0.25) is 0 Å². The molecular weight excluding hydrogens is 476 g/mol. The van der Waals surface area contributed by atoms with Crippen molar-refractivity contribution in [3.8, 4) is 11.5 Å². The molecule has 8 nitrogen and oxygen atoms in total. The zero-order valence-electron chi connectivity index (χ0n) is 19.2. The van der Waals surface area contributed by atoms with Crippen LogP contribution < -0.4 is 14.4 Å². The fraction of sp³-hybridized carbons (Fsp3) is 0.417. The van der Waals surface area contributed by atoms with Crippen LogP contribution in [-0.4, -0.2) is 58.5 Å². The maximum absolute atomic E-state index is 13.3. The Bertz CT molecular complexity index is 1200. The van der Waals surface area contributed by atoms with E-state index < -0.39 is 9.84 Å². The van der Waals surface area contributed by atoms with Gasteiger partial charge in [-0.15, -0.1) is 0 Å². The highest BCUT2D eigenvalue weighted by Crippen LogP contribution is 2.40. The van der Waals surface area contributed by atoms with Gasteiger partial charge in [0.2, 0.25) is 5.91 Å². The van der Waals surface area contributed by atoms with E-state index in [1.165, 1.54) is 11.3 Å². The number of carbonyl (C=O) groups is 1. The first-order chi connectivity index (χ1) is 16.4. The van der Waals surface area contributed by atoms with Crippen LogP contribution in [-0.2, 0) is 25.1 Å². The predicted octanol–water partition coefficient (Wildman–Crippen LogP) is 3.83. The van der Waals surface area contributed by atoms with Gasteiger partial charge in [-0.2, -0.15) is 0 Å². The van der Waals surface area contributed by atoms with Gasteiger partial charge in [0, 0.05) is 13.0 Å². The summed E-state index contributed by atoms with van der Waals surface area (Å²) in [6.07, 6.45) is 1.53. The van der Waals surface area contributed by atoms with Gasteiger partial charge in [0.15, 0.2) is 15.0 Å². The van der Waals surface area contributed by atoms with Gasteiger partial charge in [-0.1, -0.05) is 41.7 Å². The van der Waals surface area contributed by atoms with Gasteiger partial charge in [0.05, 0.1) is 38.4 Å². The van der Waals surface area contributed by atoms with Gasteiger partial charge in [-0.05, 0) is 30.5 Å². The number of fused-ring (bicyclic) bond motifs is 1. The summed E-state index contributed by atoms with van der Waals surface area (Å²) < 4.78 is 42.8. The highest BCUT2D eigenvalue weighted by molar-refractivity contribution is 7.90. The fourth-order valence-electron chi connectivity index (χ4n) is 3.95. The second-order valence-corrected chi connectivity index (χ2v) is 11.3. The minimum absolute atomic E-state index is 0.0948. The third kappa shape index (κ3) is 5.68. The molecule has 0 saturated carbocycles. The van der Waals surface area contributed by atoms with Crippen LogP contribution in [0.5, 0.6) is 11.5 Å². The van der Waals surface area contributed by atoms with Crippen molar-refractivity contribution in [2.24, 2.45) is 0 Å². The number of aromatic nitrogens is 1. The summed E-state index contributed by atoms with van der Waals surface area (Å²) in [4.78, 5) is 19.6. The molecule has 4 rings (SSSR count). The zero-order valence-corrected chi connectivity index (χ0v) is 20.9. The maximum atomic E-state index is 13.3. The molecule has 0 spiro atoms. The lowest BCUT2D eigenvalue weighted by Gasteiger charge is -2.23. The quantitative estimate of drug-likeness (QED) is 0.414. The number of anilines is 1. The van der Waals surface area contributed by atoms with Gasteiger partial charge in [-0.3, -0.25) is 9.69 Å². The third-order valence-corrected chi connectivity index (χ3v) is 8.39. The van der Waals surface area contributed by atoms with Gasteiger partial charge in [-0.25, -0.2) is 13.4 Å². The lowest BCUT2D eigenvalue weighted by Crippen LogP contribution is -2.38. The van der Waals surface area contributed by atoms with Crippen LogP contribution in [0.25, 0.3) is 10.2 Å². The molecule has 1 unspecified atom stereocenters. The number of sulfone groups is 1. The van der Waals surface area contributed by atoms with Crippen molar-refractivity contribution < 1.29 is 27.4 Å². The number of thiazole rings is 1. The molecule has 0 aliphatic carbocycles. The first-order valence-electron chi connectivity index (χ1n) is 11.1. The van der Waals surface area contributed by atoms with Crippen LogP contribution in [0.15, 0.2) is 42.5 Å². The van der Waals surface area contributed by atoms with Gasteiger partial charge >= 0.3 is 0 Å². The largest absolute Gasteiger partial charge is 0.495 e. The smallest absolute Gasteiger partial charge is 0.229 e. The van der Waals surface area contributed by atoms with E-state index in [9.17, 15) is 13.2 Å². The third-order valence-electron chi connectivity index (χ3n) is 5.70. The van der Waals surface area contributed by atoms with Crippen LogP contribution >= 0.6 is 11.3 Å². The number of rotatable bonds is 10. The summed E-state index contributed by atoms with van der Waals surface area (Å²) in [7, 11) is -0.315. The second-order valence-electron chi connectivity index (χ2n) is 8.11. The molecule has 34 heavy (non-hydrogen) atoms. The molecule has 1 aliphatic heterocycles. The van der Waals surface area contributed by atoms with Gasteiger partial charge < -0.3 is 14.2 Å². The van der Waals surface area contributed by atoms with Crippen LogP contribution in [0.4, 0.5) is 5.13 Å². The summed E-state index contributed by atoms with van der Waals surface area (Å²) in [6, 6.07) is 12.5. The Labute approximate surface area is 203 Å². The summed E-state index contributed by atoms with van der Waals surface area (Å²) in [5.74, 6) is 0.578. The number of hydrogen-bond acceptors (Lipinski definition) is 8. The van der Waals surface area contributed by atoms with Crippen molar-refractivity contribution in [3.05, 3.63) is 48.0 Å². The highest BCUT2D eigenvalue weighted by Gasteiger charge is 2.28. The molecule has 1 atom stereocenters. The standard InChI is InChI=1S/C24H28N2O6S2/c1-30-19-10-11-20(31-2)23-22(19)25-24(33-23)26(15-18-9-6-13-32-18)21(27)12-14-34(28,29)16-17-7-4-3-5-8-17/h3-5,7-8,10-11,18H,6,9,12-16H2,1-2H3. The number of hydrogen-bond donors (Lipinski definition) is 0. The molecule has 10 heteroatoms. The number of amides is 1. The van der Waals surface area contributed by atoms with Crippen LogP contribution in [0.3, 0.4) is 0 Å². The minimum atomic E-state index is -3.45. The average Bonchev–Trinajstić information content (AvgIpc) is 3.51. The molecule has 0 radical (unpaired) electrons. The molecule has 1 amide bonds. The van der Waals surface area contributed by atoms with E-state index in [-0.39, 0.29) is 29.9 Å². The predicted molar refractivity (Wildman–Crippen MR) is 133 cm³/mol. The monoisotopic (exact) mass is 504 g/mol. The normalized spacial score (nSPS) is 16.0. The number of nitrogens with zero attached hydrogens (tertiary/aromatic N) is 2. The Balaban J connectivity index is 1.58. The SMILES string of the molecule is COc1ccc(OC)c2sc(N(CC3CCCO3)C(=O)CCS(=O)(=O)Cc3ccccc3)nc12. The summed E-state index contributed by atoms with van der Waals surface area (Å²) >= 11 is 1.32. The Morgan fingerprint density at radius 3 is 2.56 bits per heavy atom. The second kappa shape index (κ2) is 10.7. The van der Waals surface area contributed by atoms with Crippen molar-refractivity contribution >= 4 is 42.4 Å². The molecule has 1 fully saturated rings. The average molecular weight is 505 g/mol. The van der Waals surface area contributed by atoms with E-state index in [0.717, 1.165) is 17.5 Å². The van der Waals surface area contributed by atoms with E-state index in [2.05, 4.69) is 4.98 Å². The van der Waals surface area contributed by atoms with Gasteiger partial charge in [0.25, 0.3) is 0 Å². The Kier molecular flexibility index (Phi) is 7.70. The first kappa shape index (κ1) is 24.4. The molecule has 182 valence electrons. The van der Waals surface area contributed by atoms with Crippen molar-refractivity contribution in [1.82, 2.24) is 4.98 Å². The zero-order chi connectivity index (χ0) is 24.1. The Morgan fingerprint density at radius 1 is 1.15 bits per heavy atom. The first-order valence-corrected chi connectivity index (χ1v) is 13.7. The van der Waals surface area contributed by atoms with E-state index in [1.54, 1.807) is 55.5 Å². The van der Waals surface area contributed by atoms with Crippen molar-refractivity contribution in [2.45, 2.75) is 31.1 Å². The maximum Gasteiger partial charge on any atom is 0.229 e. The van der Waals surface area contributed by atoms with E-state index >= 15 is 0 Å². The minimum Gasteiger partial charge on any atom is -0.495 e. The molecule has 1 aliphatic rings. The van der Waals surface area contributed by atoms with Crippen molar-refractivity contribution in [2.75, 3.05) is 38.0 Å². The fourth-order valence-corrected chi connectivity index (χ4v) is 6.38. The molecule has 2 heterocycles.